The molecule has 0 atom stereocenters. The molecule has 0 radical (unpaired) electrons. The average Bonchev–Trinajstić information content (AvgIpc) is 2.67. The third-order valence-corrected chi connectivity index (χ3v) is 2.35. The number of hydrogen-bond acceptors (Lipinski definition) is 2. The van der Waals surface area contributed by atoms with Crippen LogP contribution in [-0.4, -0.2) is 16.1 Å². The second-order valence-electron chi connectivity index (χ2n) is 3.44. The molecule has 1 aromatic heterocycles. The van der Waals surface area contributed by atoms with E-state index in [1.54, 1.807) is 0 Å². The Labute approximate surface area is 89.8 Å². The van der Waals surface area contributed by atoms with Gasteiger partial charge in [0.05, 0.1) is 5.69 Å². The van der Waals surface area contributed by atoms with Crippen LogP contribution in [0.1, 0.15) is 12.5 Å². The molecule has 0 amide bonds. The number of para-hydroxylation sites is 1. The van der Waals surface area contributed by atoms with Crippen LogP contribution < -0.4 is 5.32 Å². The smallest absolute Gasteiger partial charge is 0.207 e. The topological polar surface area (TPSA) is 29.9 Å². The van der Waals surface area contributed by atoms with Crippen molar-refractivity contribution in [3.05, 3.63) is 42.2 Å². The van der Waals surface area contributed by atoms with Gasteiger partial charge in [-0.1, -0.05) is 18.2 Å². The molecule has 1 aromatic carbocycles. The van der Waals surface area contributed by atoms with Gasteiger partial charge in [-0.05, 0) is 25.5 Å². The summed E-state index contributed by atoms with van der Waals surface area (Å²) in [6.07, 6.45) is 3.78. The number of aryl methyl sites for hydroxylation is 1. The molecule has 0 fully saturated rings. The van der Waals surface area contributed by atoms with Crippen LogP contribution in [0.3, 0.4) is 0 Å². The molecule has 0 saturated heterocycles. The molecule has 1 heterocycles. The quantitative estimate of drug-likeness (QED) is 0.827. The molecule has 78 valence electrons. The fourth-order valence-electron chi connectivity index (χ4n) is 1.62. The highest BCUT2D eigenvalue weighted by Crippen LogP contribution is 2.17. The minimum atomic E-state index is 0.878. The molecule has 0 aliphatic carbocycles. The normalized spacial score (nSPS) is 10.3. The summed E-state index contributed by atoms with van der Waals surface area (Å²) in [6, 6.07) is 8.28. The lowest BCUT2D eigenvalue weighted by Crippen LogP contribution is -2.05. The molecule has 15 heavy (non-hydrogen) atoms. The summed E-state index contributed by atoms with van der Waals surface area (Å²) in [7, 11) is 0. The Morgan fingerprint density at radius 1 is 1.33 bits per heavy atom. The Bertz CT molecular complexity index is 446. The van der Waals surface area contributed by atoms with Gasteiger partial charge in [-0.2, -0.15) is 0 Å². The standard InChI is InChI=1S/C12H15N3/c1-3-13-12-14-8-9-15(12)11-7-5-4-6-10(11)2/h4-9H,3H2,1-2H3,(H,13,14). The Morgan fingerprint density at radius 2 is 2.13 bits per heavy atom. The first kappa shape index (κ1) is 9.77. The van der Waals surface area contributed by atoms with Gasteiger partial charge < -0.3 is 5.32 Å². The third-order valence-electron chi connectivity index (χ3n) is 2.35. The van der Waals surface area contributed by atoms with E-state index in [0.29, 0.717) is 0 Å². The molecule has 0 bridgehead atoms. The van der Waals surface area contributed by atoms with Crippen LogP contribution in [0.2, 0.25) is 0 Å². The van der Waals surface area contributed by atoms with Crippen molar-refractivity contribution in [3.63, 3.8) is 0 Å². The van der Waals surface area contributed by atoms with Crippen LogP contribution in [0.15, 0.2) is 36.7 Å². The van der Waals surface area contributed by atoms with E-state index in [1.165, 1.54) is 11.3 Å². The maximum absolute atomic E-state index is 4.28. The van der Waals surface area contributed by atoms with Crippen LogP contribution in [0.5, 0.6) is 0 Å². The maximum atomic E-state index is 4.28. The highest BCUT2D eigenvalue weighted by atomic mass is 15.2. The first-order valence-electron chi connectivity index (χ1n) is 5.16. The molecule has 0 aliphatic heterocycles. The van der Waals surface area contributed by atoms with Crippen molar-refractivity contribution in [2.24, 2.45) is 0 Å². The van der Waals surface area contributed by atoms with E-state index < -0.39 is 0 Å². The van der Waals surface area contributed by atoms with Crippen LogP contribution in [0.4, 0.5) is 5.95 Å². The van der Waals surface area contributed by atoms with Gasteiger partial charge in [0.1, 0.15) is 0 Å². The lowest BCUT2D eigenvalue weighted by Gasteiger charge is -2.10. The molecule has 3 nitrogen and oxygen atoms in total. The Kier molecular flexibility index (Phi) is 2.72. The van der Waals surface area contributed by atoms with Crippen molar-refractivity contribution in [2.75, 3.05) is 11.9 Å². The van der Waals surface area contributed by atoms with E-state index in [-0.39, 0.29) is 0 Å². The minimum absolute atomic E-state index is 0.878. The van der Waals surface area contributed by atoms with E-state index in [2.05, 4.69) is 40.8 Å². The van der Waals surface area contributed by atoms with Crippen LogP contribution in [0, 0.1) is 6.92 Å². The summed E-state index contributed by atoms with van der Waals surface area (Å²) in [5, 5.41) is 3.23. The number of imidazole rings is 1. The lowest BCUT2D eigenvalue weighted by molar-refractivity contribution is 1.01. The third kappa shape index (κ3) is 1.86. The van der Waals surface area contributed by atoms with E-state index in [9.17, 15) is 0 Å². The Morgan fingerprint density at radius 3 is 2.87 bits per heavy atom. The molecular formula is C12H15N3. The van der Waals surface area contributed by atoms with Crippen LogP contribution in [-0.2, 0) is 0 Å². The minimum Gasteiger partial charge on any atom is -0.356 e. The number of nitrogens with zero attached hydrogens (tertiary/aromatic N) is 2. The zero-order chi connectivity index (χ0) is 10.7. The maximum Gasteiger partial charge on any atom is 0.207 e. The lowest BCUT2D eigenvalue weighted by atomic mass is 10.2. The van der Waals surface area contributed by atoms with Crippen molar-refractivity contribution in [2.45, 2.75) is 13.8 Å². The number of aromatic nitrogens is 2. The van der Waals surface area contributed by atoms with Gasteiger partial charge in [0, 0.05) is 18.9 Å². The summed E-state index contributed by atoms with van der Waals surface area (Å²) in [5.74, 6) is 0.895. The Balaban J connectivity index is 2.45. The van der Waals surface area contributed by atoms with E-state index in [0.717, 1.165) is 12.5 Å². The molecular weight excluding hydrogens is 186 g/mol. The van der Waals surface area contributed by atoms with Gasteiger partial charge in [0.2, 0.25) is 5.95 Å². The van der Waals surface area contributed by atoms with E-state index >= 15 is 0 Å². The summed E-state index contributed by atoms with van der Waals surface area (Å²) >= 11 is 0. The summed E-state index contributed by atoms with van der Waals surface area (Å²) in [4.78, 5) is 4.28. The van der Waals surface area contributed by atoms with Gasteiger partial charge in [0.15, 0.2) is 0 Å². The number of hydrogen-bond donors (Lipinski definition) is 1. The van der Waals surface area contributed by atoms with Crippen molar-refractivity contribution >= 4 is 5.95 Å². The van der Waals surface area contributed by atoms with Gasteiger partial charge in [-0.25, -0.2) is 4.98 Å². The fourth-order valence-corrected chi connectivity index (χ4v) is 1.62. The summed E-state index contributed by atoms with van der Waals surface area (Å²) < 4.78 is 2.07. The fraction of sp³-hybridized carbons (Fsp3) is 0.250. The first-order chi connectivity index (χ1) is 7.33. The van der Waals surface area contributed by atoms with Crippen molar-refractivity contribution in [3.8, 4) is 5.69 Å². The molecule has 0 unspecified atom stereocenters. The van der Waals surface area contributed by atoms with Gasteiger partial charge >= 0.3 is 0 Å². The predicted octanol–water partition coefficient (Wildman–Crippen LogP) is 2.61. The van der Waals surface area contributed by atoms with Crippen molar-refractivity contribution in [1.82, 2.24) is 9.55 Å². The first-order valence-corrected chi connectivity index (χ1v) is 5.16. The molecule has 2 aromatic rings. The molecule has 0 saturated carbocycles. The zero-order valence-corrected chi connectivity index (χ0v) is 9.07. The molecule has 0 spiro atoms. The van der Waals surface area contributed by atoms with E-state index in [1.807, 2.05) is 24.5 Å². The highest BCUT2D eigenvalue weighted by molar-refractivity contribution is 5.46. The monoisotopic (exact) mass is 201 g/mol. The molecule has 0 aliphatic rings. The van der Waals surface area contributed by atoms with Crippen molar-refractivity contribution in [1.29, 1.82) is 0 Å². The molecule has 2 rings (SSSR count). The zero-order valence-electron chi connectivity index (χ0n) is 9.07. The summed E-state index contributed by atoms with van der Waals surface area (Å²) in [6.45, 7) is 5.05. The summed E-state index contributed by atoms with van der Waals surface area (Å²) in [5.41, 5.74) is 2.42. The number of benzene rings is 1. The second-order valence-corrected chi connectivity index (χ2v) is 3.44. The molecule has 3 heteroatoms. The molecule has 1 N–H and O–H groups in total. The number of nitrogens with one attached hydrogen (secondary N) is 1. The van der Waals surface area contributed by atoms with Gasteiger partial charge in [-0.15, -0.1) is 0 Å². The number of rotatable bonds is 3. The largest absolute Gasteiger partial charge is 0.356 e. The Hall–Kier alpha value is -1.77. The van der Waals surface area contributed by atoms with Crippen molar-refractivity contribution < 1.29 is 0 Å². The average molecular weight is 201 g/mol. The van der Waals surface area contributed by atoms with E-state index in [4.69, 9.17) is 0 Å². The SMILES string of the molecule is CCNc1nccn1-c1ccccc1C. The highest BCUT2D eigenvalue weighted by Gasteiger charge is 2.04. The second kappa shape index (κ2) is 4.17. The number of anilines is 1. The van der Waals surface area contributed by atoms with Gasteiger partial charge in [0.25, 0.3) is 0 Å². The predicted molar refractivity (Wildman–Crippen MR) is 62.5 cm³/mol. The van der Waals surface area contributed by atoms with Crippen LogP contribution >= 0.6 is 0 Å². The van der Waals surface area contributed by atoms with Gasteiger partial charge in [-0.3, -0.25) is 4.57 Å². The van der Waals surface area contributed by atoms with Crippen LogP contribution in [0.25, 0.3) is 5.69 Å².